The van der Waals surface area contributed by atoms with Gasteiger partial charge in [-0.05, 0) is 116 Å². The summed E-state index contributed by atoms with van der Waals surface area (Å²) in [5, 5.41) is 0. The normalized spacial score (nSPS) is 14.8. The number of benzene rings is 9. The Morgan fingerprint density at radius 3 is 1.08 bits per heavy atom. The van der Waals surface area contributed by atoms with Gasteiger partial charge < -0.3 is 9.47 Å². The quantitative estimate of drug-likeness (QED) is 0.160. The lowest BCUT2D eigenvalue weighted by molar-refractivity contribution is 0.453. The molecule has 0 N–H and O–H groups in total. The minimum Gasteiger partial charge on any atom is -0.454 e. The highest BCUT2D eigenvalue weighted by Gasteiger charge is 2.44. The number of para-hydroxylation sites is 4. The van der Waals surface area contributed by atoms with Gasteiger partial charge in [0.2, 0.25) is 0 Å². The first-order valence-electron chi connectivity index (χ1n) is 21.8. The molecule has 9 aromatic carbocycles. The van der Waals surface area contributed by atoms with Gasteiger partial charge in [0.05, 0.1) is 11.4 Å². The Labute approximate surface area is 382 Å². The number of aromatic nitrogens is 2. The Bertz CT molecular complexity index is 3120. The summed E-state index contributed by atoms with van der Waals surface area (Å²) in [6, 6.07) is 84.3. The van der Waals surface area contributed by atoms with E-state index in [1.54, 1.807) is 0 Å². The van der Waals surface area contributed by atoms with Crippen LogP contribution in [0.5, 0.6) is 23.0 Å². The van der Waals surface area contributed by atoms with Gasteiger partial charge in [-0.15, -0.1) is 20.1 Å². The fourth-order valence-electron chi connectivity index (χ4n) is 9.61. The molecule has 0 radical (unpaired) electrons. The number of rotatable bonds is 7. The molecule has 0 amide bonds. The molecule has 0 saturated carbocycles. The van der Waals surface area contributed by atoms with E-state index in [1.807, 2.05) is 0 Å². The smallest absolute Gasteiger partial charge is 0.160 e. The van der Waals surface area contributed by atoms with Gasteiger partial charge in [0, 0.05) is 55.9 Å². The molecule has 4 nitrogen and oxygen atoms in total. The number of hydrogen-bond acceptors (Lipinski definition) is 4. The van der Waals surface area contributed by atoms with E-state index in [0.29, 0.717) is 5.82 Å². The van der Waals surface area contributed by atoms with Gasteiger partial charge in [-0.1, -0.05) is 133 Å². The summed E-state index contributed by atoms with van der Waals surface area (Å²) < 4.78 is 14.3. The predicted molar refractivity (Wildman–Crippen MR) is 263 cm³/mol. The molecule has 0 saturated heterocycles. The van der Waals surface area contributed by atoms with E-state index in [4.69, 9.17) is 19.4 Å². The average molecular weight is 875 g/mol. The molecule has 10 aromatic rings. The van der Waals surface area contributed by atoms with Crippen molar-refractivity contribution in [2.75, 3.05) is 0 Å². The third kappa shape index (κ3) is 6.09. The number of nitrogens with zero attached hydrogens (tertiary/aromatic N) is 2. The lowest BCUT2D eigenvalue weighted by Gasteiger charge is -2.46. The summed E-state index contributed by atoms with van der Waals surface area (Å²) in [4.78, 5) is 20.5. The second-order valence-corrected chi connectivity index (χ2v) is 22.2. The zero-order chi connectivity index (χ0) is 43.4. The third-order valence-corrected chi connectivity index (χ3v) is 20.3. The van der Waals surface area contributed by atoms with Crippen LogP contribution in [0.2, 0.25) is 0 Å². The standard InChI is InChI=1S/C59H42N2O2S2/c1-41-22-14-15-31-46(41)59-60-49(47-32-20-38-55-57(47)62-51-34-16-18-36-53(51)64(55,42-23-6-2-7-24-42)43-25-8-3-9-26-43)40-50(61-59)48-33-21-39-56-58(48)63-52-35-17-19-37-54(52)65(56,44-27-10-4-11-28-44)45-29-12-5-13-30-45/h2-40H,1H3. The molecule has 1 aromatic heterocycles. The SMILES string of the molecule is Cc1ccccc1-c1nc(-c2cccc3c2Oc2ccccc2S3(c2ccccc2)c2ccccc2)cc(-c2cccc3c2Oc2ccccc2S3(c2ccccc2)c2ccccc2)n1. The zero-order valence-electron chi connectivity index (χ0n) is 35.5. The van der Waals surface area contributed by atoms with Crippen molar-refractivity contribution in [2.45, 2.75) is 46.1 Å². The minimum absolute atomic E-state index is 0.632. The molecule has 0 spiro atoms. The second kappa shape index (κ2) is 15.9. The van der Waals surface area contributed by atoms with Crippen molar-refractivity contribution in [3.63, 3.8) is 0 Å². The Hall–Kier alpha value is -7.64. The topological polar surface area (TPSA) is 44.2 Å². The Balaban J connectivity index is 1.14. The highest BCUT2D eigenvalue weighted by Crippen LogP contribution is 2.81. The first-order valence-corrected chi connectivity index (χ1v) is 25.1. The average Bonchev–Trinajstić information content (AvgIpc) is 3.38. The number of ether oxygens (including phenoxy) is 2. The molecule has 65 heavy (non-hydrogen) atoms. The third-order valence-electron chi connectivity index (χ3n) is 12.5. The molecule has 3 heterocycles. The van der Waals surface area contributed by atoms with Crippen LogP contribution in [0.3, 0.4) is 0 Å². The van der Waals surface area contributed by atoms with Crippen LogP contribution in [-0.2, 0) is 0 Å². The van der Waals surface area contributed by atoms with Crippen LogP contribution < -0.4 is 9.47 Å². The van der Waals surface area contributed by atoms with Gasteiger partial charge >= 0.3 is 0 Å². The van der Waals surface area contributed by atoms with E-state index in [-0.39, 0.29) is 0 Å². The predicted octanol–water partition coefficient (Wildman–Crippen LogP) is 16.7. The Kier molecular flexibility index (Phi) is 9.51. The van der Waals surface area contributed by atoms with Crippen LogP contribution >= 0.6 is 20.1 Å². The van der Waals surface area contributed by atoms with Crippen LogP contribution in [-0.4, -0.2) is 9.97 Å². The van der Waals surface area contributed by atoms with E-state index >= 15 is 0 Å². The van der Waals surface area contributed by atoms with Gasteiger partial charge in [-0.25, -0.2) is 9.97 Å². The lowest BCUT2D eigenvalue weighted by Crippen LogP contribution is -2.13. The first-order chi connectivity index (χ1) is 32.2. The highest BCUT2D eigenvalue weighted by molar-refractivity contribution is 8.34. The summed E-state index contributed by atoms with van der Waals surface area (Å²) >= 11 is 0. The molecular weight excluding hydrogens is 833 g/mol. The van der Waals surface area contributed by atoms with E-state index in [1.165, 1.54) is 29.4 Å². The van der Waals surface area contributed by atoms with Crippen molar-refractivity contribution in [3.8, 4) is 56.9 Å². The van der Waals surface area contributed by atoms with Gasteiger partial charge in [0.15, 0.2) is 5.82 Å². The monoisotopic (exact) mass is 874 g/mol. The summed E-state index contributed by atoms with van der Waals surface area (Å²) in [6.07, 6.45) is 0. The van der Waals surface area contributed by atoms with Crippen LogP contribution in [0.1, 0.15) is 5.56 Å². The summed E-state index contributed by atoms with van der Waals surface area (Å²) in [7, 11) is -4.05. The number of fused-ring (bicyclic) bond motifs is 4. The maximum absolute atomic E-state index is 7.17. The maximum atomic E-state index is 7.17. The number of aryl methyl sites for hydroxylation is 1. The molecule has 2 aliphatic rings. The second-order valence-electron chi connectivity index (χ2n) is 16.1. The summed E-state index contributed by atoms with van der Waals surface area (Å²) in [6.45, 7) is 2.12. The summed E-state index contributed by atoms with van der Waals surface area (Å²) in [5.41, 5.74) is 5.36. The van der Waals surface area contributed by atoms with Crippen LogP contribution in [0.15, 0.2) is 276 Å². The molecular formula is C59H42N2O2S2. The van der Waals surface area contributed by atoms with Gasteiger partial charge in [-0.3, -0.25) is 0 Å². The summed E-state index contributed by atoms with van der Waals surface area (Å²) in [5.74, 6) is 3.91. The van der Waals surface area contributed by atoms with E-state index in [2.05, 4.69) is 244 Å². The van der Waals surface area contributed by atoms with Crippen molar-refractivity contribution < 1.29 is 9.47 Å². The van der Waals surface area contributed by atoms with Crippen molar-refractivity contribution in [1.29, 1.82) is 0 Å². The van der Waals surface area contributed by atoms with Gasteiger partial charge in [-0.2, -0.15) is 0 Å². The van der Waals surface area contributed by atoms with Crippen LogP contribution in [0.25, 0.3) is 33.9 Å². The maximum Gasteiger partial charge on any atom is 0.160 e. The van der Waals surface area contributed by atoms with Gasteiger partial charge in [0.25, 0.3) is 0 Å². The van der Waals surface area contributed by atoms with Crippen molar-refractivity contribution >= 4 is 20.1 Å². The fourth-order valence-corrected chi connectivity index (χ4v) is 17.7. The van der Waals surface area contributed by atoms with Gasteiger partial charge in [0.1, 0.15) is 23.0 Å². The molecule has 0 bridgehead atoms. The largest absolute Gasteiger partial charge is 0.454 e. The lowest BCUT2D eigenvalue weighted by atomic mass is 10.0. The van der Waals surface area contributed by atoms with Crippen molar-refractivity contribution in [3.05, 3.63) is 242 Å². The molecule has 0 aliphatic carbocycles. The molecule has 0 fully saturated rings. The van der Waals surface area contributed by atoms with Crippen molar-refractivity contribution in [2.24, 2.45) is 0 Å². The molecule has 6 heteroatoms. The van der Waals surface area contributed by atoms with Crippen molar-refractivity contribution in [1.82, 2.24) is 9.97 Å². The zero-order valence-corrected chi connectivity index (χ0v) is 37.2. The van der Waals surface area contributed by atoms with E-state index < -0.39 is 20.1 Å². The number of hydrogen-bond donors (Lipinski definition) is 0. The van der Waals surface area contributed by atoms with Crippen LogP contribution in [0.4, 0.5) is 0 Å². The van der Waals surface area contributed by atoms with E-state index in [9.17, 15) is 0 Å². The molecule has 12 rings (SSSR count). The molecule has 312 valence electrons. The van der Waals surface area contributed by atoms with E-state index in [0.717, 1.165) is 66.4 Å². The molecule has 0 atom stereocenters. The molecule has 0 unspecified atom stereocenters. The Morgan fingerprint density at radius 1 is 0.323 bits per heavy atom. The van der Waals surface area contributed by atoms with Crippen LogP contribution in [0, 0.1) is 6.92 Å². The molecule has 2 aliphatic heterocycles. The fraction of sp³-hybridized carbons (Fsp3) is 0.0169. The Morgan fingerprint density at radius 2 is 0.662 bits per heavy atom. The highest BCUT2D eigenvalue weighted by atomic mass is 32.3. The first kappa shape index (κ1) is 39.0. The minimum atomic E-state index is -2.03.